The lowest BCUT2D eigenvalue weighted by atomic mass is 10.1. The predicted octanol–water partition coefficient (Wildman–Crippen LogP) is 5.12. The van der Waals surface area contributed by atoms with Gasteiger partial charge < -0.3 is 10.1 Å². The van der Waals surface area contributed by atoms with Crippen molar-refractivity contribution >= 4 is 38.4 Å². The largest absolute Gasteiger partial charge is 0.493 e. The van der Waals surface area contributed by atoms with Gasteiger partial charge in [0, 0.05) is 15.4 Å². The first-order valence-corrected chi connectivity index (χ1v) is 7.93. The highest BCUT2D eigenvalue weighted by molar-refractivity contribution is 9.10. The molecule has 0 aliphatic heterocycles. The van der Waals surface area contributed by atoms with E-state index in [1.165, 1.54) is 0 Å². The number of aromatic hydroxyl groups is 1. The van der Waals surface area contributed by atoms with Gasteiger partial charge in [0.05, 0.1) is 5.52 Å². The maximum absolute atomic E-state index is 12.1. The Hall–Kier alpha value is -2.47. The lowest BCUT2D eigenvalue weighted by Gasteiger charge is -1.97. The normalized spacial score (nSPS) is 11.4. The molecule has 0 atom stereocenters. The molecule has 0 radical (unpaired) electrons. The molecule has 6 heteroatoms. The predicted molar refractivity (Wildman–Crippen MR) is 92.3 cm³/mol. The molecule has 2 aromatic carbocycles. The average molecular weight is 372 g/mol. The zero-order chi connectivity index (χ0) is 16.4. The number of carbonyl (C=O) groups excluding carboxylic acids is 1. The highest BCUT2D eigenvalue weighted by Crippen LogP contribution is 2.36. The quantitative estimate of drug-likeness (QED) is 0.626. The molecule has 1 heterocycles. The standard InChI is InChI=1S/C17H14BrN3O2/c1-2-10-3-8-14-13(9-10)15(17(23)19-14)20-21-16(22)11-4-6-12(18)7-5-11/h3-9,19,23H,2H2,1H3. The van der Waals surface area contributed by atoms with E-state index in [1.54, 1.807) is 24.3 Å². The van der Waals surface area contributed by atoms with Gasteiger partial charge in [-0.25, -0.2) is 0 Å². The fraction of sp³-hybridized carbons (Fsp3) is 0.118. The van der Waals surface area contributed by atoms with Crippen LogP contribution in [0.1, 0.15) is 22.8 Å². The molecule has 3 rings (SSSR count). The molecule has 0 aliphatic rings. The molecule has 0 aliphatic carbocycles. The highest BCUT2D eigenvalue weighted by atomic mass is 79.9. The van der Waals surface area contributed by atoms with Crippen molar-refractivity contribution in [1.29, 1.82) is 0 Å². The smallest absolute Gasteiger partial charge is 0.295 e. The number of aryl methyl sites for hydroxylation is 1. The van der Waals surface area contributed by atoms with E-state index in [9.17, 15) is 9.90 Å². The van der Waals surface area contributed by atoms with Crippen LogP contribution in [0, 0.1) is 0 Å². The van der Waals surface area contributed by atoms with E-state index < -0.39 is 5.91 Å². The number of benzene rings is 2. The Labute approximate surface area is 141 Å². The summed E-state index contributed by atoms with van der Waals surface area (Å²) < 4.78 is 0.882. The van der Waals surface area contributed by atoms with Crippen LogP contribution in [-0.4, -0.2) is 16.0 Å². The lowest BCUT2D eigenvalue weighted by Crippen LogP contribution is -1.92. The molecule has 116 valence electrons. The first-order chi connectivity index (χ1) is 11.1. The van der Waals surface area contributed by atoms with Gasteiger partial charge in [-0.1, -0.05) is 28.9 Å². The molecular weight excluding hydrogens is 358 g/mol. The third-order valence-corrected chi connectivity index (χ3v) is 4.09. The minimum absolute atomic E-state index is 0.0967. The molecule has 1 amide bonds. The maximum atomic E-state index is 12.1. The Morgan fingerprint density at radius 1 is 1.22 bits per heavy atom. The Bertz CT molecular complexity index is 898. The second-order valence-electron chi connectivity index (χ2n) is 5.07. The van der Waals surface area contributed by atoms with Crippen LogP contribution in [0.4, 0.5) is 5.69 Å². The molecule has 3 aromatic rings. The van der Waals surface area contributed by atoms with E-state index in [0.29, 0.717) is 5.56 Å². The SMILES string of the molecule is CCc1ccc2[nH]c(O)c(N=NC(=O)c3ccc(Br)cc3)c2c1. The molecule has 0 bridgehead atoms. The van der Waals surface area contributed by atoms with Crippen LogP contribution in [0.3, 0.4) is 0 Å². The van der Waals surface area contributed by atoms with Crippen LogP contribution in [-0.2, 0) is 6.42 Å². The molecule has 0 spiro atoms. The second kappa shape index (κ2) is 6.34. The first kappa shape index (κ1) is 15.4. The zero-order valence-electron chi connectivity index (χ0n) is 12.4. The third-order valence-electron chi connectivity index (χ3n) is 3.56. The van der Waals surface area contributed by atoms with Crippen molar-refractivity contribution in [2.75, 3.05) is 0 Å². The fourth-order valence-corrected chi connectivity index (χ4v) is 2.54. The minimum Gasteiger partial charge on any atom is -0.493 e. The van der Waals surface area contributed by atoms with Gasteiger partial charge in [-0.15, -0.1) is 10.2 Å². The summed E-state index contributed by atoms with van der Waals surface area (Å²) in [5.41, 5.74) is 2.59. The number of rotatable bonds is 3. The number of nitrogens with zero attached hydrogens (tertiary/aromatic N) is 2. The molecule has 5 nitrogen and oxygen atoms in total. The van der Waals surface area contributed by atoms with Crippen LogP contribution >= 0.6 is 15.9 Å². The number of H-pyrrole nitrogens is 1. The summed E-state index contributed by atoms with van der Waals surface area (Å²) in [6.07, 6.45) is 0.871. The van der Waals surface area contributed by atoms with Gasteiger partial charge in [0.15, 0.2) is 5.69 Å². The van der Waals surface area contributed by atoms with Gasteiger partial charge in [-0.3, -0.25) is 4.79 Å². The van der Waals surface area contributed by atoms with Crippen molar-refractivity contribution in [2.24, 2.45) is 10.2 Å². The number of aromatic nitrogens is 1. The number of carbonyl (C=O) groups is 1. The van der Waals surface area contributed by atoms with Gasteiger partial charge in [-0.2, -0.15) is 0 Å². The average Bonchev–Trinajstić information content (AvgIpc) is 2.87. The fourth-order valence-electron chi connectivity index (χ4n) is 2.28. The molecule has 0 saturated heterocycles. The summed E-state index contributed by atoms with van der Waals surface area (Å²) >= 11 is 3.31. The van der Waals surface area contributed by atoms with E-state index in [1.807, 2.05) is 25.1 Å². The maximum Gasteiger partial charge on any atom is 0.295 e. The molecule has 0 fully saturated rings. The molecular formula is C17H14BrN3O2. The number of fused-ring (bicyclic) bond motifs is 1. The number of aromatic amines is 1. The Morgan fingerprint density at radius 2 is 1.96 bits per heavy atom. The monoisotopic (exact) mass is 371 g/mol. The molecule has 0 unspecified atom stereocenters. The van der Waals surface area contributed by atoms with Gasteiger partial charge in [0.1, 0.15) is 0 Å². The van der Waals surface area contributed by atoms with Crippen LogP contribution < -0.4 is 0 Å². The second-order valence-corrected chi connectivity index (χ2v) is 5.98. The number of nitrogens with one attached hydrogen (secondary N) is 1. The van der Waals surface area contributed by atoms with Gasteiger partial charge in [0.25, 0.3) is 5.91 Å². The first-order valence-electron chi connectivity index (χ1n) is 7.13. The molecule has 1 aromatic heterocycles. The van der Waals surface area contributed by atoms with Gasteiger partial charge >= 0.3 is 0 Å². The van der Waals surface area contributed by atoms with Crippen LogP contribution in [0.15, 0.2) is 57.2 Å². The van der Waals surface area contributed by atoms with E-state index in [0.717, 1.165) is 27.4 Å². The highest BCUT2D eigenvalue weighted by Gasteiger charge is 2.12. The number of hydrogen-bond acceptors (Lipinski definition) is 3. The van der Waals surface area contributed by atoms with Crippen molar-refractivity contribution in [3.8, 4) is 5.88 Å². The molecule has 0 saturated carbocycles. The van der Waals surface area contributed by atoms with Crippen molar-refractivity contribution in [3.05, 3.63) is 58.1 Å². The Balaban J connectivity index is 1.95. The Kier molecular flexibility index (Phi) is 4.25. The zero-order valence-corrected chi connectivity index (χ0v) is 14.0. The van der Waals surface area contributed by atoms with Gasteiger partial charge in [0.2, 0.25) is 5.88 Å². The summed E-state index contributed by atoms with van der Waals surface area (Å²) in [5.74, 6) is -0.557. The van der Waals surface area contributed by atoms with Crippen molar-refractivity contribution in [3.63, 3.8) is 0 Å². The summed E-state index contributed by atoms with van der Waals surface area (Å²) in [5, 5.41) is 18.4. The third kappa shape index (κ3) is 3.17. The van der Waals surface area contributed by atoms with E-state index in [2.05, 4.69) is 31.1 Å². The lowest BCUT2D eigenvalue weighted by molar-refractivity contribution is 0.0995. The minimum atomic E-state index is -0.460. The van der Waals surface area contributed by atoms with Crippen LogP contribution in [0.5, 0.6) is 5.88 Å². The van der Waals surface area contributed by atoms with Crippen molar-refractivity contribution in [2.45, 2.75) is 13.3 Å². The van der Waals surface area contributed by atoms with E-state index in [4.69, 9.17) is 0 Å². The number of halogens is 1. The topological polar surface area (TPSA) is 77.8 Å². The summed E-state index contributed by atoms with van der Waals surface area (Å²) in [6, 6.07) is 12.6. The van der Waals surface area contributed by atoms with Crippen molar-refractivity contribution in [1.82, 2.24) is 4.98 Å². The van der Waals surface area contributed by atoms with Crippen molar-refractivity contribution < 1.29 is 9.90 Å². The Morgan fingerprint density at radius 3 is 2.65 bits per heavy atom. The van der Waals surface area contributed by atoms with Crippen LogP contribution in [0.2, 0.25) is 0 Å². The van der Waals surface area contributed by atoms with Crippen LogP contribution in [0.25, 0.3) is 10.9 Å². The molecule has 2 N–H and O–H groups in total. The van der Waals surface area contributed by atoms with E-state index >= 15 is 0 Å². The van der Waals surface area contributed by atoms with Gasteiger partial charge in [-0.05, 0) is 48.4 Å². The number of hydrogen-bond donors (Lipinski definition) is 2. The summed E-state index contributed by atoms with van der Waals surface area (Å²) in [4.78, 5) is 14.9. The number of azo groups is 1. The van der Waals surface area contributed by atoms with E-state index in [-0.39, 0.29) is 11.6 Å². The molecule has 23 heavy (non-hydrogen) atoms. The summed E-state index contributed by atoms with van der Waals surface area (Å²) in [6.45, 7) is 2.05. The summed E-state index contributed by atoms with van der Waals surface area (Å²) in [7, 11) is 0. The number of amides is 1.